The summed E-state index contributed by atoms with van der Waals surface area (Å²) >= 11 is 0. The van der Waals surface area contributed by atoms with Crippen molar-refractivity contribution < 1.29 is 19.2 Å². The van der Waals surface area contributed by atoms with Gasteiger partial charge in [-0.05, 0) is 36.8 Å². The molecule has 3 rings (SSSR count). The maximum absolute atomic E-state index is 14.5. The maximum atomic E-state index is 14.5. The molecule has 2 aliphatic rings. The molecular formula is C20H27FN2O3. The molecule has 1 aliphatic heterocycles. The van der Waals surface area contributed by atoms with Crippen molar-refractivity contribution in [2.75, 3.05) is 11.4 Å². The van der Waals surface area contributed by atoms with E-state index in [0.717, 1.165) is 31.5 Å². The standard InChI is InChI=1S/C20H27FN2O3/c1-20(2)11-15-19(16(24)12-20)18-13(21)7-6-8-14(18)23(15)10-5-3-4-9-17(25)22-26/h6-8,15,19,26H,3-5,9-12H2,1-2H3,(H,22,25). The molecule has 0 aromatic heterocycles. The highest BCUT2D eigenvalue weighted by atomic mass is 19.1. The number of ketones is 1. The SMILES string of the molecule is CC1(C)CC(=O)C2c3c(F)cccc3N(CCCCCC(=O)NO)C2C1. The van der Waals surface area contributed by atoms with Crippen LogP contribution in [-0.2, 0) is 9.59 Å². The third-order valence-corrected chi connectivity index (χ3v) is 5.62. The molecule has 1 saturated carbocycles. The van der Waals surface area contributed by atoms with E-state index in [0.29, 0.717) is 24.8 Å². The zero-order valence-corrected chi connectivity index (χ0v) is 15.4. The molecule has 26 heavy (non-hydrogen) atoms. The molecule has 2 unspecified atom stereocenters. The highest BCUT2D eigenvalue weighted by Crippen LogP contribution is 2.51. The van der Waals surface area contributed by atoms with Gasteiger partial charge in [0.15, 0.2) is 0 Å². The van der Waals surface area contributed by atoms with Crippen molar-refractivity contribution in [3.05, 3.63) is 29.6 Å². The molecule has 0 saturated heterocycles. The number of fused-ring (bicyclic) bond motifs is 3. The number of nitrogens with one attached hydrogen (secondary N) is 1. The van der Waals surface area contributed by atoms with Crippen molar-refractivity contribution >= 4 is 17.4 Å². The molecule has 2 N–H and O–H groups in total. The van der Waals surface area contributed by atoms with E-state index in [4.69, 9.17) is 5.21 Å². The number of hydroxylamine groups is 1. The Morgan fingerprint density at radius 2 is 2.12 bits per heavy atom. The largest absolute Gasteiger partial charge is 0.367 e. The monoisotopic (exact) mass is 362 g/mol. The predicted octanol–water partition coefficient (Wildman–Crippen LogP) is 3.55. The van der Waals surface area contributed by atoms with Crippen molar-refractivity contribution in [3.8, 4) is 0 Å². The van der Waals surface area contributed by atoms with Crippen molar-refractivity contribution in [1.29, 1.82) is 0 Å². The second-order valence-corrected chi connectivity index (χ2v) is 8.27. The predicted molar refractivity (Wildman–Crippen MR) is 96.7 cm³/mol. The van der Waals surface area contributed by atoms with Gasteiger partial charge in [0.05, 0.1) is 5.92 Å². The van der Waals surface area contributed by atoms with Gasteiger partial charge in [0, 0.05) is 36.7 Å². The number of benzene rings is 1. The van der Waals surface area contributed by atoms with Gasteiger partial charge in [-0.3, -0.25) is 14.8 Å². The highest BCUT2D eigenvalue weighted by Gasteiger charge is 2.50. The highest BCUT2D eigenvalue weighted by molar-refractivity contribution is 5.92. The first-order valence-corrected chi connectivity index (χ1v) is 9.35. The molecule has 1 aromatic carbocycles. The Hall–Kier alpha value is -1.95. The average Bonchev–Trinajstić information content (AvgIpc) is 2.88. The van der Waals surface area contributed by atoms with Crippen molar-refractivity contribution in [3.63, 3.8) is 0 Å². The lowest BCUT2D eigenvalue weighted by atomic mass is 9.69. The van der Waals surface area contributed by atoms with Crippen LogP contribution in [0.1, 0.15) is 63.9 Å². The number of hydrogen-bond acceptors (Lipinski definition) is 4. The summed E-state index contributed by atoms with van der Waals surface area (Å²) in [5.74, 6) is -0.884. The van der Waals surface area contributed by atoms with Crippen molar-refractivity contribution in [1.82, 2.24) is 5.48 Å². The number of amides is 1. The molecular weight excluding hydrogens is 335 g/mol. The maximum Gasteiger partial charge on any atom is 0.243 e. The fourth-order valence-corrected chi connectivity index (χ4v) is 4.55. The minimum Gasteiger partial charge on any atom is -0.367 e. The number of carbonyl (C=O) groups excluding carboxylic acids is 2. The van der Waals surface area contributed by atoms with Crippen LogP contribution < -0.4 is 10.4 Å². The number of hydrogen-bond donors (Lipinski definition) is 2. The van der Waals surface area contributed by atoms with Crippen LogP contribution in [0.15, 0.2) is 18.2 Å². The molecule has 1 fully saturated rings. The van der Waals surface area contributed by atoms with Gasteiger partial charge >= 0.3 is 0 Å². The third kappa shape index (κ3) is 3.61. The normalized spacial score (nSPS) is 23.5. The minimum absolute atomic E-state index is 0.0129. The van der Waals surface area contributed by atoms with E-state index in [-0.39, 0.29) is 34.9 Å². The summed E-state index contributed by atoms with van der Waals surface area (Å²) in [5, 5.41) is 8.53. The number of anilines is 1. The van der Waals surface area contributed by atoms with E-state index in [9.17, 15) is 14.0 Å². The third-order valence-electron chi connectivity index (χ3n) is 5.62. The van der Waals surface area contributed by atoms with Gasteiger partial charge < -0.3 is 4.90 Å². The van der Waals surface area contributed by atoms with Gasteiger partial charge in [-0.2, -0.15) is 0 Å². The second kappa shape index (κ2) is 7.35. The van der Waals surface area contributed by atoms with Gasteiger partial charge in [-0.1, -0.05) is 26.3 Å². The summed E-state index contributed by atoms with van der Waals surface area (Å²) in [6.45, 7) is 4.94. The molecule has 6 heteroatoms. The Bertz CT molecular complexity index is 704. The van der Waals surface area contributed by atoms with Gasteiger partial charge in [0.1, 0.15) is 11.6 Å². The van der Waals surface area contributed by atoms with E-state index in [1.807, 2.05) is 6.07 Å². The summed E-state index contributed by atoms with van der Waals surface area (Å²) < 4.78 is 14.5. The molecule has 2 atom stereocenters. The van der Waals surface area contributed by atoms with Crippen molar-refractivity contribution in [2.24, 2.45) is 5.41 Å². The zero-order chi connectivity index (χ0) is 18.9. The van der Waals surface area contributed by atoms with E-state index < -0.39 is 0 Å². The molecule has 1 amide bonds. The Balaban J connectivity index is 1.75. The van der Waals surface area contributed by atoms with E-state index in [1.54, 1.807) is 11.5 Å². The zero-order valence-electron chi connectivity index (χ0n) is 15.4. The first-order chi connectivity index (χ1) is 12.3. The molecule has 0 spiro atoms. The fourth-order valence-electron chi connectivity index (χ4n) is 4.55. The molecule has 0 radical (unpaired) electrons. The molecule has 0 bridgehead atoms. The van der Waals surface area contributed by atoms with Crippen LogP contribution in [-0.4, -0.2) is 29.5 Å². The summed E-state index contributed by atoms with van der Waals surface area (Å²) in [4.78, 5) is 26.1. The Morgan fingerprint density at radius 1 is 1.35 bits per heavy atom. The van der Waals surface area contributed by atoms with Gasteiger partial charge in [0.2, 0.25) is 5.91 Å². The Morgan fingerprint density at radius 3 is 2.85 bits per heavy atom. The fraction of sp³-hybridized carbons (Fsp3) is 0.600. The molecule has 1 aliphatic carbocycles. The summed E-state index contributed by atoms with van der Waals surface area (Å²) in [6, 6.07) is 5.08. The lowest BCUT2D eigenvalue weighted by Crippen LogP contribution is -2.45. The summed E-state index contributed by atoms with van der Waals surface area (Å²) in [6.07, 6.45) is 4.03. The lowest BCUT2D eigenvalue weighted by molar-refractivity contribution is -0.129. The van der Waals surface area contributed by atoms with Crippen LogP contribution >= 0.6 is 0 Å². The van der Waals surface area contributed by atoms with Crippen LogP contribution in [0.5, 0.6) is 0 Å². The summed E-state index contributed by atoms with van der Waals surface area (Å²) in [5.41, 5.74) is 2.98. The van der Waals surface area contributed by atoms with Crippen LogP contribution in [0.2, 0.25) is 0 Å². The number of halogens is 1. The Kier molecular flexibility index (Phi) is 5.32. The molecule has 142 valence electrons. The molecule has 1 heterocycles. The number of unbranched alkanes of at least 4 members (excludes halogenated alkanes) is 2. The van der Waals surface area contributed by atoms with Crippen molar-refractivity contribution in [2.45, 2.75) is 64.3 Å². The average molecular weight is 362 g/mol. The van der Waals surface area contributed by atoms with Gasteiger partial charge in [-0.25, -0.2) is 9.87 Å². The van der Waals surface area contributed by atoms with Crippen LogP contribution in [0.25, 0.3) is 0 Å². The first kappa shape index (κ1) is 18.8. The minimum atomic E-state index is -0.377. The first-order valence-electron chi connectivity index (χ1n) is 9.35. The Labute approximate surface area is 153 Å². The topological polar surface area (TPSA) is 69.6 Å². The van der Waals surface area contributed by atoms with E-state index >= 15 is 0 Å². The van der Waals surface area contributed by atoms with Crippen LogP contribution in [0.4, 0.5) is 10.1 Å². The van der Waals surface area contributed by atoms with Gasteiger partial charge in [0.25, 0.3) is 0 Å². The number of rotatable bonds is 6. The van der Waals surface area contributed by atoms with Crippen LogP contribution in [0, 0.1) is 11.2 Å². The molecule has 5 nitrogen and oxygen atoms in total. The summed E-state index contributed by atoms with van der Waals surface area (Å²) in [7, 11) is 0. The van der Waals surface area contributed by atoms with Crippen LogP contribution in [0.3, 0.4) is 0 Å². The number of nitrogens with zero attached hydrogens (tertiary/aromatic N) is 1. The second-order valence-electron chi connectivity index (χ2n) is 8.27. The molecule has 1 aromatic rings. The number of Topliss-reactive ketones (excluding diaryl/α,β-unsaturated/α-hetero) is 1. The quantitative estimate of drug-likeness (QED) is 0.461. The smallest absolute Gasteiger partial charge is 0.243 e. The van der Waals surface area contributed by atoms with E-state index in [2.05, 4.69) is 18.7 Å². The van der Waals surface area contributed by atoms with E-state index in [1.165, 1.54) is 6.07 Å². The van der Waals surface area contributed by atoms with Gasteiger partial charge in [-0.15, -0.1) is 0 Å². The number of carbonyl (C=O) groups is 2. The lowest BCUT2D eigenvalue weighted by Gasteiger charge is -2.40.